The summed E-state index contributed by atoms with van der Waals surface area (Å²) >= 11 is 11.9. The van der Waals surface area contributed by atoms with E-state index in [1.54, 1.807) is 48.5 Å². The highest BCUT2D eigenvalue weighted by Crippen LogP contribution is 2.17. The molecule has 0 aromatic heterocycles. The van der Waals surface area contributed by atoms with E-state index in [1.165, 1.54) is 9.80 Å². The number of carbonyl (C=O) groups excluding carboxylic acids is 2. The third-order valence-corrected chi connectivity index (χ3v) is 5.83. The van der Waals surface area contributed by atoms with Crippen molar-refractivity contribution in [3.63, 3.8) is 0 Å². The van der Waals surface area contributed by atoms with Crippen LogP contribution in [-0.4, -0.2) is 46.8 Å². The van der Waals surface area contributed by atoms with Crippen molar-refractivity contribution < 1.29 is 9.59 Å². The van der Waals surface area contributed by atoms with Crippen LogP contribution in [0.15, 0.2) is 48.5 Å². The number of amides is 2. The summed E-state index contributed by atoms with van der Waals surface area (Å²) in [7, 11) is 0. The molecule has 6 nitrogen and oxygen atoms in total. The second-order valence-electron chi connectivity index (χ2n) is 7.47. The Labute approximate surface area is 204 Å². The molecule has 0 radical (unpaired) electrons. The highest BCUT2D eigenvalue weighted by atomic mass is 35.5. The fraction of sp³-hybridized carbons (Fsp3) is 0.360. The molecule has 2 atom stereocenters. The number of rotatable bonds is 10. The minimum Gasteiger partial charge on any atom is -0.323 e. The first-order valence-electron chi connectivity index (χ1n) is 10.8. The lowest BCUT2D eigenvalue weighted by atomic mass is 10.1. The SMILES string of the molecule is CCC(C#N)N(CCCN(C(=O)c1ccc(Cl)cc1)C(C#N)CC)C(=O)c1ccc(Cl)cc1. The number of nitrogens with zero attached hydrogens (tertiary/aromatic N) is 4. The third-order valence-electron chi connectivity index (χ3n) is 5.33. The molecular formula is C25H26Cl2N4O2. The number of hydrogen-bond donors (Lipinski definition) is 0. The van der Waals surface area contributed by atoms with Gasteiger partial charge in [0.25, 0.3) is 11.8 Å². The number of nitriles is 2. The molecule has 0 aliphatic carbocycles. The molecule has 0 saturated heterocycles. The first-order chi connectivity index (χ1) is 15.9. The summed E-state index contributed by atoms with van der Waals surface area (Å²) in [5, 5.41) is 20.2. The highest BCUT2D eigenvalue weighted by molar-refractivity contribution is 6.31. The van der Waals surface area contributed by atoms with Gasteiger partial charge < -0.3 is 9.80 Å². The van der Waals surface area contributed by atoms with Crippen LogP contribution in [-0.2, 0) is 0 Å². The van der Waals surface area contributed by atoms with E-state index in [-0.39, 0.29) is 24.9 Å². The maximum absolute atomic E-state index is 13.1. The van der Waals surface area contributed by atoms with E-state index in [0.29, 0.717) is 40.4 Å². The summed E-state index contributed by atoms with van der Waals surface area (Å²) in [6.45, 7) is 4.21. The minimum absolute atomic E-state index is 0.264. The van der Waals surface area contributed by atoms with Gasteiger partial charge in [-0.15, -0.1) is 0 Å². The van der Waals surface area contributed by atoms with Gasteiger partial charge in [-0.25, -0.2) is 0 Å². The van der Waals surface area contributed by atoms with Crippen molar-refractivity contribution in [3.05, 3.63) is 69.7 Å². The molecule has 0 N–H and O–H groups in total. The van der Waals surface area contributed by atoms with Crippen molar-refractivity contribution >= 4 is 35.0 Å². The van der Waals surface area contributed by atoms with Crippen LogP contribution in [0.5, 0.6) is 0 Å². The summed E-state index contributed by atoms with van der Waals surface area (Å²) < 4.78 is 0. The second kappa shape index (κ2) is 12.8. The van der Waals surface area contributed by atoms with Crippen LogP contribution in [0.2, 0.25) is 10.0 Å². The van der Waals surface area contributed by atoms with E-state index in [0.717, 1.165) is 0 Å². The Morgan fingerprint density at radius 3 is 1.36 bits per heavy atom. The Kier molecular flexibility index (Phi) is 10.2. The number of hydrogen-bond acceptors (Lipinski definition) is 4. The molecular weight excluding hydrogens is 459 g/mol. The van der Waals surface area contributed by atoms with Crippen LogP contribution in [0.25, 0.3) is 0 Å². The molecule has 2 aromatic rings. The van der Waals surface area contributed by atoms with Crippen LogP contribution in [0.3, 0.4) is 0 Å². The van der Waals surface area contributed by atoms with Gasteiger partial charge in [-0.3, -0.25) is 9.59 Å². The quantitative estimate of drug-likeness (QED) is 0.440. The average molecular weight is 485 g/mol. The van der Waals surface area contributed by atoms with Gasteiger partial charge in [0.1, 0.15) is 12.1 Å². The van der Waals surface area contributed by atoms with Gasteiger partial charge in [0.15, 0.2) is 0 Å². The van der Waals surface area contributed by atoms with Crippen LogP contribution in [0.4, 0.5) is 0 Å². The summed E-state index contributed by atoms with van der Waals surface area (Å²) in [4.78, 5) is 29.3. The van der Waals surface area contributed by atoms with E-state index in [2.05, 4.69) is 12.1 Å². The Hall–Kier alpha value is -3.06. The number of carbonyl (C=O) groups is 2. The molecule has 0 aliphatic heterocycles. The predicted octanol–water partition coefficient (Wildman–Crippen LogP) is 5.57. The first kappa shape index (κ1) is 26.2. The van der Waals surface area contributed by atoms with Gasteiger partial charge in [0, 0.05) is 34.3 Å². The third kappa shape index (κ3) is 6.96. The van der Waals surface area contributed by atoms with Crippen LogP contribution >= 0.6 is 23.2 Å². The zero-order valence-corrected chi connectivity index (χ0v) is 20.2. The van der Waals surface area contributed by atoms with Crippen molar-refractivity contribution in [3.8, 4) is 12.1 Å². The molecule has 0 heterocycles. The van der Waals surface area contributed by atoms with Crippen molar-refractivity contribution in [1.29, 1.82) is 10.5 Å². The Morgan fingerprint density at radius 1 is 0.758 bits per heavy atom. The van der Waals surface area contributed by atoms with Gasteiger partial charge in [-0.2, -0.15) is 10.5 Å². The molecule has 2 unspecified atom stereocenters. The molecule has 2 amide bonds. The van der Waals surface area contributed by atoms with Gasteiger partial charge in [-0.05, 0) is 67.8 Å². The molecule has 0 aliphatic rings. The zero-order valence-electron chi connectivity index (χ0n) is 18.7. The number of halogens is 2. The van der Waals surface area contributed by atoms with E-state index in [4.69, 9.17) is 23.2 Å². The van der Waals surface area contributed by atoms with Crippen molar-refractivity contribution in [2.24, 2.45) is 0 Å². The van der Waals surface area contributed by atoms with Gasteiger partial charge in [0.2, 0.25) is 0 Å². The smallest absolute Gasteiger partial charge is 0.254 e. The molecule has 33 heavy (non-hydrogen) atoms. The summed E-state index contributed by atoms with van der Waals surface area (Å²) in [6, 6.07) is 16.2. The maximum Gasteiger partial charge on any atom is 0.254 e. The van der Waals surface area contributed by atoms with Crippen molar-refractivity contribution in [2.75, 3.05) is 13.1 Å². The first-order valence-corrected chi connectivity index (χ1v) is 11.5. The largest absolute Gasteiger partial charge is 0.323 e. The molecule has 2 aromatic carbocycles. The summed E-state index contributed by atoms with van der Waals surface area (Å²) in [5.41, 5.74) is 0.872. The Bertz CT molecular complexity index is 943. The average Bonchev–Trinajstić information content (AvgIpc) is 2.83. The molecule has 2 rings (SSSR count). The second-order valence-corrected chi connectivity index (χ2v) is 8.34. The van der Waals surface area contributed by atoms with E-state index >= 15 is 0 Å². The van der Waals surface area contributed by atoms with Crippen LogP contribution in [0, 0.1) is 22.7 Å². The molecule has 0 spiro atoms. The Morgan fingerprint density at radius 2 is 1.09 bits per heavy atom. The fourth-order valence-electron chi connectivity index (χ4n) is 3.49. The monoisotopic (exact) mass is 484 g/mol. The van der Waals surface area contributed by atoms with E-state index < -0.39 is 12.1 Å². The molecule has 0 saturated carbocycles. The van der Waals surface area contributed by atoms with E-state index in [1.807, 2.05) is 13.8 Å². The highest BCUT2D eigenvalue weighted by Gasteiger charge is 2.26. The van der Waals surface area contributed by atoms with Gasteiger partial charge in [-0.1, -0.05) is 37.0 Å². The van der Waals surface area contributed by atoms with Gasteiger partial charge >= 0.3 is 0 Å². The predicted molar refractivity (Wildman–Crippen MR) is 129 cm³/mol. The van der Waals surface area contributed by atoms with E-state index in [9.17, 15) is 20.1 Å². The van der Waals surface area contributed by atoms with Crippen LogP contribution in [0.1, 0.15) is 53.8 Å². The Balaban J connectivity index is 2.20. The lowest BCUT2D eigenvalue weighted by molar-refractivity contribution is 0.0666. The van der Waals surface area contributed by atoms with Crippen LogP contribution < -0.4 is 0 Å². The lowest BCUT2D eigenvalue weighted by Crippen LogP contribution is -2.44. The molecule has 8 heteroatoms. The molecule has 0 bridgehead atoms. The summed E-state index contributed by atoms with van der Waals surface area (Å²) in [6.07, 6.45) is 1.35. The summed E-state index contributed by atoms with van der Waals surface area (Å²) in [5.74, 6) is -0.550. The van der Waals surface area contributed by atoms with Crippen molar-refractivity contribution in [1.82, 2.24) is 9.80 Å². The normalized spacial score (nSPS) is 12.2. The van der Waals surface area contributed by atoms with Gasteiger partial charge in [0.05, 0.1) is 12.1 Å². The zero-order chi connectivity index (χ0) is 24.4. The number of benzene rings is 2. The fourth-order valence-corrected chi connectivity index (χ4v) is 3.74. The van der Waals surface area contributed by atoms with Crippen molar-refractivity contribution in [2.45, 2.75) is 45.2 Å². The maximum atomic E-state index is 13.1. The lowest BCUT2D eigenvalue weighted by Gasteiger charge is -2.30. The molecule has 172 valence electrons. The molecule has 0 fully saturated rings. The minimum atomic E-state index is -0.605. The topological polar surface area (TPSA) is 88.2 Å². The standard InChI is InChI=1S/C25H26Cl2N4O2/c1-3-22(16-28)30(24(32)18-6-10-20(26)11-7-18)14-5-15-31(23(4-2)17-29)25(33)19-8-12-21(27)13-9-19/h6-13,22-23H,3-5,14-15H2,1-2H3.